The summed E-state index contributed by atoms with van der Waals surface area (Å²) < 4.78 is 13.5. The van der Waals surface area contributed by atoms with E-state index in [-0.39, 0.29) is 5.82 Å². The van der Waals surface area contributed by atoms with Crippen LogP contribution in [0.3, 0.4) is 0 Å². The lowest BCUT2D eigenvalue weighted by atomic mass is 10.2. The average molecular weight is 285 g/mol. The Morgan fingerprint density at radius 2 is 2.11 bits per heavy atom. The number of aromatic nitrogens is 1. The third-order valence-corrected chi connectivity index (χ3v) is 3.70. The van der Waals surface area contributed by atoms with Gasteiger partial charge in [0.25, 0.3) is 0 Å². The highest BCUT2D eigenvalue weighted by molar-refractivity contribution is 7.09. The van der Waals surface area contributed by atoms with Gasteiger partial charge in [0.05, 0.1) is 18.1 Å². The summed E-state index contributed by atoms with van der Waals surface area (Å²) in [4.78, 5) is 6.42. The maximum atomic E-state index is 13.5. The van der Waals surface area contributed by atoms with Crippen molar-refractivity contribution in [2.45, 2.75) is 19.0 Å². The van der Waals surface area contributed by atoms with Crippen molar-refractivity contribution in [2.75, 3.05) is 7.05 Å². The first kappa shape index (κ1) is 13.5. The third-order valence-electron chi connectivity index (χ3n) is 2.54. The highest BCUT2D eigenvalue weighted by Gasteiger charge is 2.08. The largest absolute Gasteiger partial charge is 0.295 e. The summed E-state index contributed by atoms with van der Waals surface area (Å²) in [5, 5.41) is 2.96. The number of nitrogens with zero attached hydrogens (tertiary/aromatic N) is 2. The summed E-state index contributed by atoms with van der Waals surface area (Å²) >= 11 is 7.29. The van der Waals surface area contributed by atoms with Crippen LogP contribution in [-0.2, 0) is 19.0 Å². The number of benzene rings is 1. The van der Waals surface area contributed by atoms with Crippen LogP contribution in [0.2, 0.25) is 0 Å². The Morgan fingerprint density at radius 3 is 2.78 bits per heavy atom. The second-order valence-electron chi connectivity index (χ2n) is 4.13. The molecule has 18 heavy (non-hydrogen) atoms. The van der Waals surface area contributed by atoms with Gasteiger partial charge in [0, 0.05) is 17.5 Å². The van der Waals surface area contributed by atoms with Gasteiger partial charge in [-0.05, 0) is 13.1 Å². The Kier molecular flexibility index (Phi) is 4.69. The zero-order valence-corrected chi connectivity index (χ0v) is 11.6. The predicted molar refractivity (Wildman–Crippen MR) is 73.2 cm³/mol. The minimum atomic E-state index is -0.162. The monoisotopic (exact) mass is 284 g/mol. The van der Waals surface area contributed by atoms with Gasteiger partial charge >= 0.3 is 0 Å². The molecule has 0 amide bonds. The summed E-state index contributed by atoms with van der Waals surface area (Å²) in [6, 6.07) is 6.84. The molecule has 0 aliphatic carbocycles. The van der Waals surface area contributed by atoms with E-state index in [4.69, 9.17) is 11.6 Å². The minimum absolute atomic E-state index is 0.162. The first-order valence-electron chi connectivity index (χ1n) is 5.60. The Morgan fingerprint density at radius 1 is 1.33 bits per heavy atom. The van der Waals surface area contributed by atoms with Crippen molar-refractivity contribution in [1.82, 2.24) is 9.88 Å². The van der Waals surface area contributed by atoms with E-state index in [1.165, 1.54) is 6.07 Å². The van der Waals surface area contributed by atoms with Crippen LogP contribution in [-0.4, -0.2) is 16.9 Å². The molecule has 0 bridgehead atoms. The number of hydrogen-bond donors (Lipinski definition) is 0. The van der Waals surface area contributed by atoms with Gasteiger partial charge in [-0.15, -0.1) is 22.9 Å². The molecule has 1 aromatic heterocycles. The van der Waals surface area contributed by atoms with Gasteiger partial charge in [0.15, 0.2) is 0 Å². The van der Waals surface area contributed by atoms with Gasteiger partial charge < -0.3 is 0 Å². The summed E-state index contributed by atoms with van der Waals surface area (Å²) in [6.45, 7) is 1.28. The van der Waals surface area contributed by atoms with Crippen LogP contribution in [0.1, 0.15) is 16.3 Å². The fraction of sp³-hybridized carbons (Fsp3) is 0.308. The molecular weight excluding hydrogens is 271 g/mol. The topological polar surface area (TPSA) is 16.1 Å². The second-order valence-corrected chi connectivity index (χ2v) is 5.34. The van der Waals surface area contributed by atoms with E-state index in [9.17, 15) is 4.39 Å². The summed E-state index contributed by atoms with van der Waals surface area (Å²) in [5.74, 6) is 0.276. The zero-order chi connectivity index (χ0) is 13.0. The molecule has 0 spiro atoms. The standard InChI is InChI=1S/C13H14ClFN2S/c1-17(7-10-4-2-3-5-12(10)15)8-13-16-11(6-14)9-18-13/h2-5,9H,6-8H2,1H3. The Hall–Kier alpha value is -0.970. The Bertz CT molecular complexity index is 515. The van der Waals surface area contributed by atoms with Crippen molar-refractivity contribution >= 4 is 22.9 Å². The van der Waals surface area contributed by atoms with E-state index in [1.54, 1.807) is 23.5 Å². The molecule has 0 saturated carbocycles. The van der Waals surface area contributed by atoms with Crippen LogP contribution < -0.4 is 0 Å². The molecule has 5 heteroatoms. The molecule has 0 atom stereocenters. The second kappa shape index (κ2) is 6.27. The minimum Gasteiger partial charge on any atom is -0.295 e. The highest BCUT2D eigenvalue weighted by Crippen LogP contribution is 2.15. The van der Waals surface area contributed by atoms with E-state index >= 15 is 0 Å². The number of thiazole rings is 1. The van der Waals surface area contributed by atoms with Gasteiger partial charge in [0.2, 0.25) is 0 Å². The number of hydrogen-bond acceptors (Lipinski definition) is 3. The molecule has 1 aromatic carbocycles. The lowest BCUT2D eigenvalue weighted by Gasteiger charge is -2.15. The number of halogens is 2. The molecule has 0 fully saturated rings. The van der Waals surface area contributed by atoms with Gasteiger partial charge in [0.1, 0.15) is 10.8 Å². The number of rotatable bonds is 5. The van der Waals surface area contributed by atoms with Gasteiger partial charge in [-0.2, -0.15) is 0 Å². The van der Waals surface area contributed by atoms with Crippen molar-refractivity contribution < 1.29 is 4.39 Å². The van der Waals surface area contributed by atoms with Gasteiger partial charge in [-0.3, -0.25) is 4.90 Å². The van der Waals surface area contributed by atoms with E-state index < -0.39 is 0 Å². The fourth-order valence-corrected chi connectivity index (χ4v) is 2.79. The molecule has 1 heterocycles. The van der Waals surface area contributed by atoms with Crippen molar-refractivity contribution in [3.63, 3.8) is 0 Å². The van der Waals surface area contributed by atoms with Gasteiger partial charge in [-0.1, -0.05) is 18.2 Å². The predicted octanol–water partition coefficient (Wildman–Crippen LogP) is 3.65. The molecule has 2 aromatic rings. The normalized spacial score (nSPS) is 11.1. The highest BCUT2D eigenvalue weighted by atomic mass is 35.5. The lowest BCUT2D eigenvalue weighted by Crippen LogP contribution is -2.17. The van der Waals surface area contributed by atoms with Crippen LogP contribution in [0.25, 0.3) is 0 Å². The van der Waals surface area contributed by atoms with Crippen LogP contribution >= 0.6 is 22.9 Å². The molecule has 0 unspecified atom stereocenters. The molecular formula is C13H14ClFN2S. The van der Waals surface area contributed by atoms with E-state index in [1.807, 2.05) is 23.4 Å². The summed E-state index contributed by atoms with van der Waals surface area (Å²) in [6.07, 6.45) is 0. The molecule has 96 valence electrons. The van der Waals surface area contributed by atoms with Gasteiger partial charge in [-0.25, -0.2) is 9.37 Å². The first-order chi connectivity index (χ1) is 8.69. The van der Waals surface area contributed by atoms with Crippen molar-refractivity contribution in [3.8, 4) is 0 Å². The Labute approximate surface area is 115 Å². The van der Waals surface area contributed by atoms with Crippen LogP contribution in [0.15, 0.2) is 29.6 Å². The van der Waals surface area contributed by atoms with Crippen molar-refractivity contribution in [2.24, 2.45) is 0 Å². The third kappa shape index (κ3) is 3.51. The Balaban J connectivity index is 1.96. The molecule has 0 saturated heterocycles. The average Bonchev–Trinajstić information content (AvgIpc) is 2.80. The summed E-state index contributed by atoms with van der Waals surface area (Å²) in [5.41, 5.74) is 1.60. The van der Waals surface area contributed by atoms with Crippen LogP contribution in [0, 0.1) is 5.82 Å². The first-order valence-corrected chi connectivity index (χ1v) is 7.01. The van der Waals surface area contributed by atoms with Crippen molar-refractivity contribution in [1.29, 1.82) is 0 Å². The lowest BCUT2D eigenvalue weighted by molar-refractivity contribution is 0.313. The molecule has 0 aliphatic rings. The van der Waals surface area contributed by atoms with Crippen molar-refractivity contribution in [3.05, 3.63) is 51.7 Å². The van der Waals surface area contributed by atoms with Crippen LogP contribution in [0.5, 0.6) is 0 Å². The van der Waals surface area contributed by atoms with E-state index in [0.29, 0.717) is 24.5 Å². The maximum Gasteiger partial charge on any atom is 0.127 e. The fourth-order valence-electron chi connectivity index (χ4n) is 1.69. The maximum absolute atomic E-state index is 13.5. The zero-order valence-electron chi connectivity index (χ0n) is 10.1. The quantitative estimate of drug-likeness (QED) is 0.779. The molecule has 0 N–H and O–H groups in total. The van der Waals surface area contributed by atoms with Crippen LogP contribution in [0.4, 0.5) is 4.39 Å². The molecule has 0 aliphatic heterocycles. The molecule has 2 nitrogen and oxygen atoms in total. The smallest absolute Gasteiger partial charge is 0.127 e. The number of alkyl halides is 1. The molecule has 2 rings (SSSR count). The summed E-state index contributed by atoms with van der Waals surface area (Å²) in [7, 11) is 1.95. The van der Waals surface area contributed by atoms with E-state index in [2.05, 4.69) is 4.98 Å². The molecule has 0 radical (unpaired) electrons. The van der Waals surface area contributed by atoms with E-state index in [0.717, 1.165) is 10.7 Å². The SMILES string of the molecule is CN(Cc1nc(CCl)cs1)Cc1ccccc1F.